The second-order valence-corrected chi connectivity index (χ2v) is 6.72. The fourth-order valence-electron chi connectivity index (χ4n) is 2.85. The molecule has 2 aromatic carbocycles. The standard InChI is InChI=1S/C22H24N4O3/c1-4-17-10-12-18(13-11-17)15(2)23-20(27)14-29-22(28)21-16(3)24-26(25-21)19-8-6-5-7-9-19/h5-13,15H,4,14H2,1-3H3,(H,23,27)/t15-/m0/s1. The van der Waals surface area contributed by atoms with E-state index in [2.05, 4.69) is 22.4 Å². The first kappa shape index (κ1) is 20.3. The molecule has 0 saturated carbocycles. The van der Waals surface area contributed by atoms with Crippen molar-refractivity contribution in [2.45, 2.75) is 33.2 Å². The van der Waals surface area contributed by atoms with Crippen LogP contribution >= 0.6 is 0 Å². The molecule has 3 rings (SSSR count). The number of aryl methyl sites for hydroxylation is 2. The zero-order valence-corrected chi connectivity index (χ0v) is 16.8. The number of ether oxygens (including phenoxy) is 1. The molecule has 3 aromatic rings. The molecule has 1 heterocycles. The van der Waals surface area contributed by atoms with Gasteiger partial charge in [0, 0.05) is 0 Å². The molecule has 150 valence electrons. The van der Waals surface area contributed by atoms with Gasteiger partial charge in [0.1, 0.15) is 0 Å². The summed E-state index contributed by atoms with van der Waals surface area (Å²) >= 11 is 0. The normalized spacial score (nSPS) is 11.7. The first-order chi connectivity index (χ1) is 14.0. The molecule has 0 fully saturated rings. The summed E-state index contributed by atoms with van der Waals surface area (Å²) in [5.74, 6) is -1.06. The zero-order valence-electron chi connectivity index (χ0n) is 16.8. The molecular weight excluding hydrogens is 368 g/mol. The van der Waals surface area contributed by atoms with Gasteiger partial charge in [0.15, 0.2) is 12.3 Å². The summed E-state index contributed by atoms with van der Waals surface area (Å²) in [4.78, 5) is 25.9. The van der Waals surface area contributed by atoms with E-state index in [-0.39, 0.29) is 24.2 Å². The summed E-state index contributed by atoms with van der Waals surface area (Å²) in [6.45, 7) is 5.27. The van der Waals surface area contributed by atoms with Gasteiger partial charge in [-0.15, -0.1) is 5.10 Å². The quantitative estimate of drug-likeness (QED) is 0.624. The molecule has 0 aliphatic heterocycles. The average molecular weight is 392 g/mol. The fraction of sp³-hybridized carbons (Fsp3) is 0.273. The van der Waals surface area contributed by atoms with Crippen molar-refractivity contribution in [1.29, 1.82) is 0 Å². The van der Waals surface area contributed by atoms with Gasteiger partial charge in [0.2, 0.25) is 0 Å². The van der Waals surface area contributed by atoms with Gasteiger partial charge < -0.3 is 10.1 Å². The zero-order chi connectivity index (χ0) is 20.8. The summed E-state index contributed by atoms with van der Waals surface area (Å²) < 4.78 is 5.13. The number of esters is 1. The monoisotopic (exact) mass is 392 g/mol. The number of hydrogen-bond acceptors (Lipinski definition) is 5. The lowest BCUT2D eigenvalue weighted by Crippen LogP contribution is -2.31. The van der Waals surface area contributed by atoms with Crippen LogP contribution in [0.3, 0.4) is 0 Å². The minimum absolute atomic E-state index is 0.0878. The number of amides is 1. The summed E-state index contributed by atoms with van der Waals surface area (Å²) in [7, 11) is 0. The molecule has 0 aliphatic rings. The van der Waals surface area contributed by atoms with Gasteiger partial charge >= 0.3 is 5.97 Å². The summed E-state index contributed by atoms with van der Waals surface area (Å²) in [5.41, 5.74) is 3.48. The van der Waals surface area contributed by atoms with Crippen molar-refractivity contribution in [3.63, 3.8) is 0 Å². The van der Waals surface area contributed by atoms with Crippen molar-refractivity contribution in [2.75, 3.05) is 6.61 Å². The Morgan fingerprint density at radius 2 is 1.76 bits per heavy atom. The number of carbonyl (C=O) groups is 2. The molecule has 0 radical (unpaired) electrons. The Morgan fingerprint density at radius 1 is 1.07 bits per heavy atom. The Bertz CT molecular complexity index is 981. The highest BCUT2D eigenvalue weighted by molar-refractivity contribution is 5.90. The number of benzene rings is 2. The predicted octanol–water partition coefficient (Wildman–Crippen LogP) is 3.17. The van der Waals surface area contributed by atoms with E-state index >= 15 is 0 Å². The Morgan fingerprint density at radius 3 is 2.41 bits per heavy atom. The summed E-state index contributed by atoms with van der Waals surface area (Å²) in [6.07, 6.45) is 0.964. The van der Waals surface area contributed by atoms with E-state index in [1.807, 2.05) is 61.5 Å². The van der Waals surface area contributed by atoms with Gasteiger partial charge in [-0.25, -0.2) is 4.79 Å². The van der Waals surface area contributed by atoms with Crippen LogP contribution in [0.2, 0.25) is 0 Å². The van der Waals surface area contributed by atoms with E-state index in [0.717, 1.165) is 17.7 Å². The van der Waals surface area contributed by atoms with E-state index in [4.69, 9.17) is 4.74 Å². The fourth-order valence-corrected chi connectivity index (χ4v) is 2.85. The molecule has 0 unspecified atom stereocenters. The minimum atomic E-state index is -0.681. The van der Waals surface area contributed by atoms with Crippen LogP contribution in [0.4, 0.5) is 0 Å². The molecule has 0 saturated heterocycles. The number of hydrogen-bond donors (Lipinski definition) is 1. The number of para-hydroxylation sites is 1. The third-order valence-electron chi connectivity index (χ3n) is 4.56. The van der Waals surface area contributed by atoms with Crippen molar-refractivity contribution in [2.24, 2.45) is 0 Å². The van der Waals surface area contributed by atoms with Gasteiger partial charge in [-0.3, -0.25) is 4.79 Å². The van der Waals surface area contributed by atoms with Gasteiger partial charge in [-0.2, -0.15) is 9.90 Å². The SMILES string of the molecule is CCc1ccc([C@H](C)NC(=O)COC(=O)c2nn(-c3ccccc3)nc2C)cc1. The van der Waals surface area contributed by atoms with Crippen LogP contribution in [0.5, 0.6) is 0 Å². The van der Waals surface area contributed by atoms with Gasteiger partial charge in [0.25, 0.3) is 5.91 Å². The highest BCUT2D eigenvalue weighted by Crippen LogP contribution is 2.14. The second kappa shape index (κ2) is 9.14. The van der Waals surface area contributed by atoms with Crippen LogP contribution in [0.1, 0.15) is 47.2 Å². The maximum absolute atomic E-state index is 12.3. The first-order valence-corrected chi connectivity index (χ1v) is 9.52. The van der Waals surface area contributed by atoms with Crippen molar-refractivity contribution >= 4 is 11.9 Å². The van der Waals surface area contributed by atoms with Crippen LogP contribution < -0.4 is 5.32 Å². The lowest BCUT2D eigenvalue weighted by atomic mass is 10.1. The molecule has 0 spiro atoms. The Kier molecular flexibility index (Phi) is 6.39. The van der Waals surface area contributed by atoms with Crippen LogP contribution in [0, 0.1) is 6.92 Å². The topological polar surface area (TPSA) is 86.1 Å². The molecular formula is C22H24N4O3. The van der Waals surface area contributed by atoms with Crippen molar-refractivity contribution in [1.82, 2.24) is 20.3 Å². The van der Waals surface area contributed by atoms with Crippen LogP contribution in [0.25, 0.3) is 5.69 Å². The smallest absolute Gasteiger partial charge is 0.361 e. The Balaban J connectivity index is 1.56. The highest BCUT2D eigenvalue weighted by Gasteiger charge is 2.19. The first-order valence-electron chi connectivity index (χ1n) is 9.52. The number of rotatable bonds is 7. The molecule has 29 heavy (non-hydrogen) atoms. The molecule has 7 heteroatoms. The average Bonchev–Trinajstić information content (AvgIpc) is 3.14. The largest absolute Gasteiger partial charge is 0.451 e. The van der Waals surface area contributed by atoms with E-state index in [1.54, 1.807) is 6.92 Å². The molecule has 1 atom stereocenters. The van der Waals surface area contributed by atoms with Crippen LogP contribution in [0.15, 0.2) is 54.6 Å². The predicted molar refractivity (Wildman–Crippen MR) is 109 cm³/mol. The molecule has 1 amide bonds. The van der Waals surface area contributed by atoms with Gasteiger partial charge in [-0.1, -0.05) is 49.4 Å². The van der Waals surface area contributed by atoms with E-state index in [0.29, 0.717) is 5.69 Å². The maximum atomic E-state index is 12.3. The molecule has 7 nitrogen and oxygen atoms in total. The van der Waals surface area contributed by atoms with Crippen molar-refractivity contribution in [3.05, 3.63) is 77.1 Å². The number of nitrogens with one attached hydrogen (secondary N) is 1. The minimum Gasteiger partial charge on any atom is -0.451 e. The van der Waals surface area contributed by atoms with Crippen LogP contribution in [-0.2, 0) is 16.0 Å². The molecule has 0 bridgehead atoms. The molecule has 0 aliphatic carbocycles. The number of nitrogens with zero attached hydrogens (tertiary/aromatic N) is 3. The summed E-state index contributed by atoms with van der Waals surface area (Å²) in [5, 5.41) is 11.2. The third kappa shape index (κ3) is 5.07. The highest BCUT2D eigenvalue weighted by atomic mass is 16.5. The van der Waals surface area contributed by atoms with E-state index in [1.165, 1.54) is 10.4 Å². The summed E-state index contributed by atoms with van der Waals surface area (Å²) in [6, 6.07) is 17.1. The van der Waals surface area contributed by atoms with Crippen molar-refractivity contribution in [3.8, 4) is 5.69 Å². The second-order valence-electron chi connectivity index (χ2n) is 6.72. The number of aromatic nitrogens is 3. The van der Waals surface area contributed by atoms with Crippen molar-refractivity contribution < 1.29 is 14.3 Å². The Labute approximate surface area is 169 Å². The maximum Gasteiger partial charge on any atom is 0.361 e. The van der Waals surface area contributed by atoms with Gasteiger partial charge in [0.05, 0.1) is 17.4 Å². The van der Waals surface area contributed by atoms with Gasteiger partial charge in [-0.05, 0) is 43.5 Å². The van der Waals surface area contributed by atoms with E-state index < -0.39 is 5.97 Å². The lowest BCUT2D eigenvalue weighted by Gasteiger charge is -2.14. The molecule has 1 N–H and O–H groups in total. The third-order valence-corrected chi connectivity index (χ3v) is 4.56. The molecule has 1 aromatic heterocycles. The number of carbonyl (C=O) groups excluding carboxylic acids is 2. The lowest BCUT2D eigenvalue weighted by molar-refractivity contribution is -0.124. The van der Waals surface area contributed by atoms with E-state index in [9.17, 15) is 9.59 Å². The Hall–Kier alpha value is -3.48. The van der Waals surface area contributed by atoms with Crippen LogP contribution in [-0.4, -0.2) is 33.5 Å².